The summed E-state index contributed by atoms with van der Waals surface area (Å²) >= 11 is 13.7. The van der Waals surface area contributed by atoms with E-state index >= 15 is 0 Å². The fraction of sp³-hybridized carbons (Fsp3) is 0.214. The van der Waals surface area contributed by atoms with Gasteiger partial charge in [-0.25, -0.2) is 0 Å². The SMILES string of the molecule is N#Cc1ccc(NC2CCc3sc(Cl)cc32)cc1Cl. The molecule has 19 heavy (non-hydrogen) atoms. The molecule has 1 atom stereocenters. The fourth-order valence-corrected chi connectivity index (χ4v) is 3.96. The summed E-state index contributed by atoms with van der Waals surface area (Å²) < 4.78 is 0.842. The number of nitriles is 1. The lowest BCUT2D eigenvalue weighted by Gasteiger charge is -2.15. The molecule has 1 aromatic heterocycles. The Kier molecular flexibility index (Phi) is 3.40. The van der Waals surface area contributed by atoms with Crippen molar-refractivity contribution in [3.05, 3.63) is 49.6 Å². The number of aryl methyl sites for hydroxylation is 1. The van der Waals surface area contributed by atoms with Gasteiger partial charge in [-0.05, 0) is 42.7 Å². The zero-order valence-corrected chi connectivity index (χ0v) is 12.2. The van der Waals surface area contributed by atoms with E-state index in [-0.39, 0.29) is 6.04 Å². The minimum absolute atomic E-state index is 0.280. The maximum Gasteiger partial charge on any atom is 0.101 e. The zero-order valence-electron chi connectivity index (χ0n) is 9.91. The molecular weight excluding hydrogens is 299 g/mol. The first-order valence-corrected chi connectivity index (χ1v) is 7.49. The number of nitrogens with one attached hydrogen (secondary N) is 1. The highest BCUT2D eigenvalue weighted by Crippen LogP contribution is 2.41. The molecule has 1 aromatic carbocycles. The molecule has 0 spiro atoms. The van der Waals surface area contributed by atoms with Crippen LogP contribution in [0.1, 0.15) is 28.5 Å². The Morgan fingerprint density at radius 2 is 2.16 bits per heavy atom. The third-order valence-corrected chi connectivity index (χ3v) is 4.93. The Bertz CT molecular complexity index is 673. The van der Waals surface area contributed by atoms with Crippen molar-refractivity contribution < 1.29 is 0 Å². The van der Waals surface area contributed by atoms with E-state index in [9.17, 15) is 0 Å². The summed E-state index contributed by atoms with van der Waals surface area (Å²) in [7, 11) is 0. The number of hydrogen-bond acceptors (Lipinski definition) is 3. The highest BCUT2D eigenvalue weighted by atomic mass is 35.5. The van der Waals surface area contributed by atoms with Crippen LogP contribution in [-0.4, -0.2) is 0 Å². The van der Waals surface area contributed by atoms with Crippen LogP contribution in [0.3, 0.4) is 0 Å². The Labute approximate surface area is 125 Å². The molecule has 5 heteroatoms. The Hall–Kier alpha value is -1.21. The smallest absolute Gasteiger partial charge is 0.101 e. The number of hydrogen-bond donors (Lipinski definition) is 1. The van der Waals surface area contributed by atoms with Gasteiger partial charge in [-0.1, -0.05) is 23.2 Å². The van der Waals surface area contributed by atoms with Gasteiger partial charge in [0.1, 0.15) is 6.07 Å². The fourth-order valence-electron chi connectivity index (χ4n) is 2.38. The van der Waals surface area contributed by atoms with Crippen molar-refractivity contribution in [2.45, 2.75) is 18.9 Å². The van der Waals surface area contributed by atoms with Gasteiger partial charge in [0.15, 0.2) is 0 Å². The predicted octanol–water partition coefficient (Wildman–Crippen LogP) is 5.03. The van der Waals surface area contributed by atoms with Crippen LogP contribution in [0.2, 0.25) is 9.36 Å². The molecule has 1 heterocycles. The maximum absolute atomic E-state index is 8.86. The summed E-state index contributed by atoms with van der Waals surface area (Å²) in [5.41, 5.74) is 2.72. The van der Waals surface area contributed by atoms with E-state index in [1.54, 1.807) is 23.5 Å². The second-order valence-corrected chi connectivity index (χ2v) is 6.65. The highest BCUT2D eigenvalue weighted by molar-refractivity contribution is 7.16. The van der Waals surface area contributed by atoms with Gasteiger partial charge < -0.3 is 5.32 Å². The van der Waals surface area contributed by atoms with Gasteiger partial charge in [-0.3, -0.25) is 0 Å². The first-order valence-electron chi connectivity index (χ1n) is 5.91. The number of benzene rings is 1. The number of thiophene rings is 1. The number of anilines is 1. The number of rotatable bonds is 2. The summed E-state index contributed by atoms with van der Waals surface area (Å²) in [6, 6.07) is 9.80. The van der Waals surface area contributed by atoms with Crippen molar-refractivity contribution in [1.82, 2.24) is 0 Å². The Morgan fingerprint density at radius 1 is 1.32 bits per heavy atom. The van der Waals surface area contributed by atoms with Crippen LogP contribution in [-0.2, 0) is 6.42 Å². The van der Waals surface area contributed by atoms with Gasteiger partial charge in [0.2, 0.25) is 0 Å². The van der Waals surface area contributed by atoms with Crippen LogP contribution in [0, 0.1) is 11.3 Å². The lowest BCUT2D eigenvalue weighted by atomic mass is 10.1. The van der Waals surface area contributed by atoms with Crippen molar-refractivity contribution in [2.75, 3.05) is 5.32 Å². The van der Waals surface area contributed by atoms with E-state index in [0.717, 1.165) is 22.9 Å². The molecule has 0 amide bonds. The number of halogens is 2. The van der Waals surface area contributed by atoms with Crippen LogP contribution in [0.5, 0.6) is 0 Å². The third kappa shape index (κ3) is 2.44. The van der Waals surface area contributed by atoms with Gasteiger partial charge >= 0.3 is 0 Å². The monoisotopic (exact) mass is 308 g/mol. The lowest BCUT2D eigenvalue weighted by Crippen LogP contribution is -2.06. The lowest BCUT2D eigenvalue weighted by molar-refractivity contribution is 0.762. The van der Waals surface area contributed by atoms with Crippen molar-refractivity contribution >= 4 is 40.2 Å². The Balaban J connectivity index is 1.83. The van der Waals surface area contributed by atoms with Crippen LogP contribution in [0.25, 0.3) is 0 Å². The predicted molar refractivity (Wildman–Crippen MR) is 80.2 cm³/mol. The maximum atomic E-state index is 8.86. The largest absolute Gasteiger partial charge is 0.378 e. The molecule has 1 unspecified atom stereocenters. The molecular formula is C14H10Cl2N2S. The second-order valence-electron chi connectivity index (χ2n) is 4.47. The van der Waals surface area contributed by atoms with E-state index < -0.39 is 0 Å². The zero-order chi connectivity index (χ0) is 13.4. The Morgan fingerprint density at radius 3 is 2.89 bits per heavy atom. The van der Waals surface area contributed by atoms with Crippen LogP contribution < -0.4 is 5.32 Å². The number of nitrogens with zero attached hydrogens (tertiary/aromatic N) is 1. The van der Waals surface area contributed by atoms with Crippen molar-refractivity contribution in [2.24, 2.45) is 0 Å². The van der Waals surface area contributed by atoms with E-state index in [1.807, 2.05) is 12.1 Å². The summed E-state index contributed by atoms with van der Waals surface area (Å²) in [5.74, 6) is 0. The molecule has 0 saturated carbocycles. The summed E-state index contributed by atoms with van der Waals surface area (Å²) in [4.78, 5) is 1.36. The van der Waals surface area contributed by atoms with Gasteiger partial charge in [0.25, 0.3) is 0 Å². The molecule has 1 aliphatic rings. The third-order valence-electron chi connectivity index (χ3n) is 3.28. The van der Waals surface area contributed by atoms with Gasteiger partial charge in [0.05, 0.1) is 21.0 Å². The van der Waals surface area contributed by atoms with Gasteiger partial charge in [-0.15, -0.1) is 11.3 Å². The van der Waals surface area contributed by atoms with Crippen LogP contribution in [0.15, 0.2) is 24.3 Å². The minimum Gasteiger partial charge on any atom is -0.378 e. The minimum atomic E-state index is 0.280. The normalized spacial score (nSPS) is 17.0. The second kappa shape index (κ2) is 5.05. The average molecular weight is 309 g/mol. The summed E-state index contributed by atoms with van der Waals surface area (Å²) in [6.45, 7) is 0. The van der Waals surface area contributed by atoms with E-state index in [2.05, 4.69) is 11.4 Å². The van der Waals surface area contributed by atoms with Crippen LogP contribution in [0.4, 0.5) is 5.69 Å². The van der Waals surface area contributed by atoms with E-state index in [1.165, 1.54) is 10.4 Å². The van der Waals surface area contributed by atoms with Crippen molar-refractivity contribution in [1.29, 1.82) is 5.26 Å². The molecule has 2 aromatic rings. The van der Waals surface area contributed by atoms with Gasteiger partial charge in [0, 0.05) is 10.6 Å². The molecule has 3 rings (SSSR count). The summed E-state index contributed by atoms with van der Waals surface area (Å²) in [6.07, 6.45) is 2.13. The molecule has 0 fully saturated rings. The highest BCUT2D eigenvalue weighted by Gasteiger charge is 2.25. The molecule has 0 bridgehead atoms. The quantitative estimate of drug-likeness (QED) is 0.845. The first kappa shape index (κ1) is 12.8. The van der Waals surface area contributed by atoms with Crippen molar-refractivity contribution in [3.8, 4) is 6.07 Å². The first-order chi connectivity index (χ1) is 9.17. The molecule has 96 valence electrons. The molecule has 1 N–H and O–H groups in total. The molecule has 1 aliphatic carbocycles. The standard InChI is InChI=1S/C14H10Cl2N2S/c15-11-5-9(2-1-8(11)7-17)18-12-3-4-13-10(12)6-14(16)19-13/h1-2,5-6,12,18H,3-4H2. The molecule has 0 radical (unpaired) electrons. The van der Waals surface area contributed by atoms with Gasteiger partial charge in [-0.2, -0.15) is 5.26 Å². The average Bonchev–Trinajstić information content (AvgIpc) is 2.90. The van der Waals surface area contributed by atoms with Crippen LogP contribution >= 0.6 is 34.5 Å². The molecule has 0 saturated heterocycles. The van der Waals surface area contributed by atoms with E-state index in [4.69, 9.17) is 28.5 Å². The molecule has 2 nitrogen and oxygen atoms in total. The molecule has 0 aliphatic heterocycles. The van der Waals surface area contributed by atoms with Crippen molar-refractivity contribution in [3.63, 3.8) is 0 Å². The summed E-state index contributed by atoms with van der Waals surface area (Å²) in [5, 5.41) is 12.8. The van der Waals surface area contributed by atoms with E-state index in [0.29, 0.717) is 10.6 Å². The topological polar surface area (TPSA) is 35.8 Å². The number of fused-ring (bicyclic) bond motifs is 1.